The molecule has 0 spiro atoms. The zero-order valence-corrected chi connectivity index (χ0v) is 18.5. The molecule has 0 atom stereocenters. The van der Waals surface area contributed by atoms with Crippen LogP contribution >= 0.6 is 0 Å². The molecule has 1 aliphatic heterocycles. The lowest BCUT2D eigenvalue weighted by molar-refractivity contribution is -0.138. The number of carbonyl (C=O) groups excluding carboxylic acids is 2. The number of nitrogens with zero attached hydrogens (tertiary/aromatic N) is 4. The van der Waals surface area contributed by atoms with Gasteiger partial charge >= 0.3 is 12.1 Å². The molecule has 2 aromatic rings. The quantitative estimate of drug-likeness (QED) is 0.464. The molecule has 1 saturated heterocycles. The van der Waals surface area contributed by atoms with Crippen LogP contribution in [0.5, 0.6) is 0 Å². The van der Waals surface area contributed by atoms with Crippen LogP contribution in [-0.4, -0.2) is 64.2 Å². The molecule has 0 saturated carbocycles. The summed E-state index contributed by atoms with van der Waals surface area (Å²) < 4.78 is 52.8. The number of piperazine rings is 1. The average molecular weight is 497 g/mol. The average Bonchev–Trinajstić information content (AvgIpc) is 2.82. The van der Waals surface area contributed by atoms with Crippen LogP contribution in [0.1, 0.15) is 39.3 Å². The number of benzene rings is 1. The standard InChI is InChI=1S/C17H14F4N4O3.C5H9NO/c18-10-1-2-12(17(19,20)21)11(9-10)15(26)25-7-5-24(6-8-25)14-4-3-13(16(27)28)22-23-14;1-2-3-4-5(6)7/h1-4,9H,5-8H2,(H,27,28);2H,1,3-4H2,(H2,6,7). The van der Waals surface area contributed by atoms with Crippen molar-refractivity contribution in [1.82, 2.24) is 15.1 Å². The van der Waals surface area contributed by atoms with Gasteiger partial charge in [0.25, 0.3) is 5.91 Å². The van der Waals surface area contributed by atoms with E-state index in [1.54, 1.807) is 11.0 Å². The van der Waals surface area contributed by atoms with Gasteiger partial charge in [0, 0.05) is 32.6 Å². The Morgan fingerprint density at radius 1 is 1.09 bits per heavy atom. The first-order valence-electron chi connectivity index (χ1n) is 10.3. The van der Waals surface area contributed by atoms with Crippen molar-refractivity contribution in [2.45, 2.75) is 19.0 Å². The van der Waals surface area contributed by atoms with Crippen molar-refractivity contribution < 1.29 is 37.1 Å². The molecule has 1 aliphatic rings. The molecule has 9 nitrogen and oxygen atoms in total. The van der Waals surface area contributed by atoms with E-state index < -0.39 is 35.0 Å². The van der Waals surface area contributed by atoms with Crippen molar-refractivity contribution in [2.75, 3.05) is 31.1 Å². The van der Waals surface area contributed by atoms with Gasteiger partial charge in [0.15, 0.2) is 11.5 Å². The lowest BCUT2D eigenvalue weighted by atomic mass is 10.0. The summed E-state index contributed by atoms with van der Waals surface area (Å²) in [6.07, 6.45) is -1.99. The molecule has 35 heavy (non-hydrogen) atoms. The minimum Gasteiger partial charge on any atom is -0.476 e. The summed E-state index contributed by atoms with van der Waals surface area (Å²) in [5.74, 6) is -2.92. The third-order valence-electron chi connectivity index (χ3n) is 4.87. The van der Waals surface area contributed by atoms with Crippen molar-refractivity contribution in [3.8, 4) is 0 Å². The van der Waals surface area contributed by atoms with Gasteiger partial charge in [-0.3, -0.25) is 9.59 Å². The molecule has 13 heteroatoms. The number of primary amides is 1. The molecule has 188 valence electrons. The fourth-order valence-electron chi connectivity index (χ4n) is 3.10. The minimum atomic E-state index is -4.78. The Balaban J connectivity index is 0.000000540. The van der Waals surface area contributed by atoms with Gasteiger partial charge in [-0.2, -0.15) is 13.2 Å². The number of rotatable bonds is 6. The van der Waals surface area contributed by atoms with E-state index in [1.165, 1.54) is 17.0 Å². The van der Waals surface area contributed by atoms with Crippen LogP contribution in [-0.2, 0) is 11.0 Å². The SMILES string of the molecule is C=CCCC(N)=O.O=C(O)c1ccc(N2CCN(C(=O)c3cc(F)ccc3C(F)(F)F)CC2)nn1. The number of alkyl halides is 3. The number of nitrogens with two attached hydrogens (primary N) is 1. The van der Waals surface area contributed by atoms with E-state index in [9.17, 15) is 31.9 Å². The Hall–Kier alpha value is -4.03. The number of allylic oxidation sites excluding steroid dienone is 1. The van der Waals surface area contributed by atoms with Gasteiger partial charge in [0.1, 0.15) is 5.82 Å². The van der Waals surface area contributed by atoms with Gasteiger partial charge in [-0.25, -0.2) is 9.18 Å². The normalized spacial score (nSPS) is 13.5. The van der Waals surface area contributed by atoms with Crippen LogP contribution in [0.4, 0.5) is 23.4 Å². The van der Waals surface area contributed by atoms with E-state index in [-0.39, 0.29) is 37.8 Å². The number of anilines is 1. The Morgan fingerprint density at radius 2 is 1.74 bits per heavy atom. The predicted molar refractivity (Wildman–Crippen MR) is 117 cm³/mol. The van der Waals surface area contributed by atoms with E-state index in [1.807, 2.05) is 0 Å². The van der Waals surface area contributed by atoms with Crippen LogP contribution in [0.15, 0.2) is 43.0 Å². The fourth-order valence-corrected chi connectivity index (χ4v) is 3.10. The summed E-state index contributed by atoms with van der Waals surface area (Å²) in [7, 11) is 0. The molecule has 0 radical (unpaired) electrons. The van der Waals surface area contributed by atoms with Crippen LogP contribution in [0.3, 0.4) is 0 Å². The first-order chi connectivity index (χ1) is 16.4. The molecule has 1 fully saturated rings. The van der Waals surface area contributed by atoms with E-state index >= 15 is 0 Å². The zero-order valence-electron chi connectivity index (χ0n) is 18.5. The van der Waals surface area contributed by atoms with Gasteiger partial charge in [-0.1, -0.05) is 6.08 Å². The molecule has 3 N–H and O–H groups in total. The summed E-state index contributed by atoms with van der Waals surface area (Å²) in [6, 6.07) is 4.55. The highest BCUT2D eigenvalue weighted by atomic mass is 19.4. The first kappa shape index (κ1) is 27.2. The van der Waals surface area contributed by atoms with Gasteiger partial charge in [0.05, 0.1) is 11.1 Å². The molecule has 0 bridgehead atoms. The highest BCUT2D eigenvalue weighted by molar-refractivity contribution is 5.96. The Labute approximate surface area is 197 Å². The minimum absolute atomic E-state index is 0.0923. The summed E-state index contributed by atoms with van der Waals surface area (Å²) in [5, 5.41) is 16.2. The monoisotopic (exact) mass is 497 g/mol. The molecule has 0 aliphatic carbocycles. The maximum atomic E-state index is 13.4. The number of carboxylic acids is 1. The van der Waals surface area contributed by atoms with Gasteiger partial charge in [-0.15, -0.1) is 16.8 Å². The lowest BCUT2D eigenvalue weighted by Gasteiger charge is -2.35. The van der Waals surface area contributed by atoms with Crippen molar-refractivity contribution >= 4 is 23.6 Å². The van der Waals surface area contributed by atoms with E-state index in [4.69, 9.17) is 10.8 Å². The van der Waals surface area contributed by atoms with Gasteiger partial charge in [-0.05, 0) is 36.8 Å². The van der Waals surface area contributed by atoms with E-state index in [0.29, 0.717) is 36.9 Å². The molecule has 2 heterocycles. The molecule has 1 aromatic carbocycles. The highest BCUT2D eigenvalue weighted by Crippen LogP contribution is 2.33. The molecule has 2 amide bonds. The number of amides is 2. The Bertz CT molecular complexity index is 1070. The second-order valence-electron chi connectivity index (χ2n) is 7.34. The van der Waals surface area contributed by atoms with Crippen LogP contribution in [0.25, 0.3) is 0 Å². The molecule has 3 rings (SSSR count). The fraction of sp³-hybridized carbons (Fsp3) is 0.318. The second-order valence-corrected chi connectivity index (χ2v) is 7.34. The maximum Gasteiger partial charge on any atom is 0.417 e. The van der Waals surface area contributed by atoms with Crippen molar-refractivity contribution in [3.63, 3.8) is 0 Å². The maximum absolute atomic E-state index is 13.4. The highest BCUT2D eigenvalue weighted by Gasteiger charge is 2.37. The molecular formula is C22H23F4N5O4. The van der Waals surface area contributed by atoms with Gasteiger partial charge in [0.2, 0.25) is 5.91 Å². The van der Waals surface area contributed by atoms with Crippen LogP contribution in [0.2, 0.25) is 0 Å². The first-order valence-corrected chi connectivity index (χ1v) is 10.3. The Kier molecular flexibility index (Phi) is 9.26. The Morgan fingerprint density at radius 3 is 2.20 bits per heavy atom. The third-order valence-corrected chi connectivity index (χ3v) is 4.87. The number of aromatic nitrogens is 2. The van der Waals surface area contributed by atoms with Crippen LogP contribution < -0.4 is 10.6 Å². The summed E-state index contributed by atoms with van der Waals surface area (Å²) in [4.78, 5) is 36.2. The predicted octanol–water partition coefficient (Wildman–Crippen LogP) is 2.73. The lowest BCUT2D eigenvalue weighted by Crippen LogP contribution is -2.49. The summed E-state index contributed by atoms with van der Waals surface area (Å²) >= 11 is 0. The number of halogens is 4. The van der Waals surface area contributed by atoms with Crippen molar-refractivity contribution in [1.29, 1.82) is 0 Å². The number of carboxylic acid groups (broad SMARTS) is 1. The third kappa shape index (κ3) is 7.76. The van der Waals surface area contributed by atoms with Crippen molar-refractivity contribution in [3.05, 3.63) is 65.6 Å². The van der Waals surface area contributed by atoms with Crippen molar-refractivity contribution in [2.24, 2.45) is 5.73 Å². The summed E-state index contributed by atoms with van der Waals surface area (Å²) in [5.41, 5.74) is 2.66. The number of hydrogen-bond acceptors (Lipinski definition) is 6. The van der Waals surface area contributed by atoms with E-state index in [0.717, 1.165) is 0 Å². The smallest absolute Gasteiger partial charge is 0.417 e. The topological polar surface area (TPSA) is 130 Å². The molecule has 0 unspecified atom stereocenters. The van der Waals surface area contributed by atoms with Gasteiger partial charge < -0.3 is 20.6 Å². The van der Waals surface area contributed by atoms with E-state index in [2.05, 4.69) is 16.8 Å². The number of carbonyl (C=O) groups is 3. The molecule has 1 aromatic heterocycles. The zero-order chi connectivity index (χ0) is 26.2. The van der Waals surface area contributed by atoms with Crippen LogP contribution in [0, 0.1) is 5.82 Å². The second kappa shape index (κ2) is 11.9. The number of hydrogen-bond donors (Lipinski definition) is 2. The molecular weight excluding hydrogens is 474 g/mol. The number of aromatic carboxylic acids is 1. The summed E-state index contributed by atoms with van der Waals surface area (Å²) in [6.45, 7) is 4.12. The largest absolute Gasteiger partial charge is 0.476 e.